The molecule has 5 heteroatoms. The average molecular weight is 284 g/mol. The number of likely N-dealkylation sites (tertiary alicyclic amines) is 1. The predicted molar refractivity (Wildman–Crippen MR) is 77.3 cm³/mol. The summed E-state index contributed by atoms with van der Waals surface area (Å²) in [7, 11) is 0. The van der Waals surface area contributed by atoms with Crippen LogP contribution in [0.3, 0.4) is 0 Å². The Morgan fingerprint density at radius 2 is 2.25 bits per heavy atom. The standard InChI is InChI=1S/C15H28N2O3/c1-11-5-3-7-17(14(11)9-16)15(18)12(2)20-10-13-6-4-8-19-13/h11-14H,3-10,16H2,1-2H3/t11-,12-,13-,14-/m0/s1. The van der Waals surface area contributed by atoms with Crippen LogP contribution in [0.5, 0.6) is 0 Å². The lowest BCUT2D eigenvalue weighted by atomic mass is 9.90. The second-order valence-electron chi connectivity index (χ2n) is 6.06. The summed E-state index contributed by atoms with van der Waals surface area (Å²) in [5, 5.41) is 0. The van der Waals surface area contributed by atoms with Crippen molar-refractivity contribution < 1.29 is 14.3 Å². The number of piperidine rings is 1. The van der Waals surface area contributed by atoms with Crippen molar-refractivity contribution in [3.63, 3.8) is 0 Å². The largest absolute Gasteiger partial charge is 0.376 e. The fraction of sp³-hybridized carbons (Fsp3) is 0.933. The second-order valence-corrected chi connectivity index (χ2v) is 6.06. The van der Waals surface area contributed by atoms with Crippen LogP contribution in [0.25, 0.3) is 0 Å². The smallest absolute Gasteiger partial charge is 0.251 e. The molecule has 2 aliphatic heterocycles. The Morgan fingerprint density at radius 1 is 1.45 bits per heavy atom. The van der Waals surface area contributed by atoms with Crippen molar-refractivity contribution in [3.05, 3.63) is 0 Å². The Hall–Kier alpha value is -0.650. The zero-order valence-corrected chi connectivity index (χ0v) is 12.7. The van der Waals surface area contributed by atoms with Crippen molar-refractivity contribution in [1.82, 2.24) is 4.90 Å². The van der Waals surface area contributed by atoms with Crippen LogP contribution in [0, 0.1) is 5.92 Å². The third-order valence-corrected chi connectivity index (χ3v) is 4.54. The van der Waals surface area contributed by atoms with Crippen LogP contribution in [0.15, 0.2) is 0 Å². The number of rotatable bonds is 5. The molecule has 2 saturated heterocycles. The molecule has 0 spiro atoms. The SMILES string of the molecule is C[C@H](OC[C@@H]1CCCO1)C(=O)N1CCC[C@H](C)[C@@H]1CN. The van der Waals surface area contributed by atoms with E-state index in [2.05, 4.69) is 6.92 Å². The molecule has 0 aromatic heterocycles. The number of nitrogens with zero attached hydrogens (tertiary/aromatic N) is 1. The van der Waals surface area contributed by atoms with Gasteiger partial charge in [0.05, 0.1) is 12.7 Å². The van der Waals surface area contributed by atoms with Crippen molar-refractivity contribution >= 4 is 5.91 Å². The maximum absolute atomic E-state index is 12.5. The normalized spacial score (nSPS) is 32.4. The Morgan fingerprint density at radius 3 is 2.90 bits per heavy atom. The fourth-order valence-corrected chi connectivity index (χ4v) is 3.21. The molecule has 0 aromatic carbocycles. The first kappa shape index (κ1) is 15.7. The number of hydrogen-bond acceptors (Lipinski definition) is 4. The number of hydrogen-bond donors (Lipinski definition) is 1. The molecule has 2 aliphatic rings. The van der Waals surface area contributed by atoms with Gasteiger partial charge in [0, 0.05) is 25.7 Å². The second kappa shape index (κ2) is 7.38. The number of ether oxygens (including phenoxy) is 2. The van der Waals surface area contributed by atoms with Crippen LogP contribution in [0.2, 0.25) is 0 Å². The molecule has 2 N–H and O–H groups in total. The summed E-state index contributed by atoms with van der Waals surface area (Å²) < 4.78 is 11.2. The zero-order chi connectivity index (χ0) is 14.5. The fourth-order valence-electron chi connectivity index (χ4n) is 3.21. The van der Waals surface area contributed by atoms with E-state index >= 15 is 0 Å². The van der Waals surface area contributed by atoms with Gasteiger partial charge in [-0.2, -0.15) is 0 Å². The van der Waals surface area contributed by atoms with Crippen molar-refractivity contribution in [1.29, 1.82) is 0 Å². The van der Waals surface area contributed by atoms with Gasteiger partial charge in [0.2, 0.25) is 0 Å². The third kappa shape index (κ3) is 3.71. The Bertz CT molecular complexity index is 318. The molecule has 0 aromatic rings. The summed E-state index contributed by atoms with van der Waals surface area (Å²) in [6.45, 7) is 6.68. The Kier molecular flexibility index (Phi) is 5.81. The van der Waals surface area contributed by atoms with Crippen LogP contribution in [-0.4, -0.2) is 55.4 Å². The van der Waals surface area contributed by atoms with Gasteiger partial charge in [0.25, 0.3) is 5.91 Å². The van der Waals surface area contributed by atoms with Crippen LogP contribution in [0.1, 0.15) is 39.5 Å². The number of carbonyl (C=O) groups excluding carboxylic acids is 1. The van der Waals surface area contributed by atoms with E-state index in [1.165, 1.54) is 0 Å². The molecule has 0 bridgehead atoms. The highest BCUT2D eigenvalue weighted by Gasteiger charge is 2.33. The molecule has 116 valence electrons. The molecule has 2 rings (SSSR count). The van der Waals surface area contributed by atoms with Gasteiger partial charge in [-0.3, -0.25) is 4.79 Å². The lowest BCUT2D eigenvalue weighted by molar-refractivity contribution is -0.149. The number of amides is 1. The van der Waals surface area contributed by atoms with Gasteiger partial charge in [-0.25, -0.2) is 0 Å². The van der Waals surface area contributed by atoms with Crippen LogP contribution >= 0.6 is 0 Å². The minimum atomic E-state index is -0.404. The van der Waals surface area contributed by atoms with E-state index < -0.39 is 6.10 Å². The molecule has 2 heterocycles. The minimum absolute atomic E-state index is 0.0741. The van der Waals surface area contributed by atoms with Gasteiger partial charge < -0.3 is 20.1 Å². The minimum Gasteiger partial charge on any atom is -0.376 e. The molecule has 0 saturated carbocycles. The summed E-state index contributed by atoms with van der Waals surface area (Å²) in [6, 6.07) is 0.157. The quantitative estimate of drug-likeness (QED) is 0.822. The first-order chi connectivity index (χ1) is 9.63. The Labute approximate surface area is 121 Å². The van der Waals surface area contributed by atoms with Gasteiger partial charge in [-0.15, -0.1) is 0 Å². The molecule has 1 amide bonds. The van der Waals surface area contributed by atoms with Crippen LogP contribution in [0.4, 0.5) is 0 Å². The molecule has 0 radical (unpaired) electrons. The monoisotopic (exact) mass is 284 g/mol. The lowest BCUT2D eigenvalue weighted by Crippen LogP contribution is -2.54. The van der Waals surface area contributed by atoms with E-state index in [1.807, 2.05) is 11.8 Å². The number of nitrogens with two attached hydrogens (primary N) is 1. The van der Waals surface area contributed by atoms with Crippen molar-refractivity contribution in [3.8, 4) is 0 Å². The topological polar surface area (TPSA) is 64.8 Å². The number of carbonyl (C=O) groups is 1. The van der Waals surface area contributed by atoms with Crippen molar-refractivity contribution in [2.45, 2.75) is 57.8 Å². The van der Waals surface area contributed by atoms with Gasteiger partial charge in [0.15, 0.2) is 0 Å². The summed E-state index contributed by atoms with van der Waals surface area (Å²) in [4.78, 5) is 14.4. The Balaban J connectivity index is 1.84. The van der Waals surface area contributed by atoms with E-state index in [1.54, 1.807) is 0 Å². The van der Waals surface area contributed by atoms with Gasteiger partial charge in [0.1, 0.15) is 6.10 Å². The summed E-state index contributed by atoms with van der Waals surface area (Å²) in [5.74, 6) is 0.549. The highest BCUT2D eigenvalue weighted by atomic mass is 16.5. The van der Waals surface area contributed by atoms with Crippen LogP contribution < -0.4 is 5.73 Å². The maximum Gasteiger partial charge on any atom is 0.251 e. The maximum atomic E-state index is 12.5. The molecule has 4 atom stereocenters. The van der Waals surface area contributed by atoms with Gasteiger partial charge >= 0.3 is 0 Å². The molecule has 0 unspecified atom stereocenters. The van der Waals surface area contributed by atoms with Crippen LogP contribution in [-0.2, 0) is 14.3 Å². The van der Waals surface area contributed by atoms with E-state index in [0.717, 1.165) is 38.8 Å². The van der Waals surface area contributed by atoms with Crippen molar-refractivity contribution in [2.75, 3.05) is 26.3 Å². The average Bonchev–Trinajstić information content (AvgIpc) is 2.97. The molecule has 20 heavy (non-hydrogen) atoms. The molecular formula is C15H28N2O3. The van der Waals surface area contributed by atoms with E-state index in [0.29, 0.717) is 19.1 Å². The first-order valence-corrected chi connectivity index (χ1v) is 7.87. The van der Waals surface area contributed by atoms with E-state index in [4.69, 9.17) is 15.2 Å². The molecule has 5 nitrogen and oxygen atoms in total. The highest BCUT2D eigenvalue weighted by Crippen LogP contribution is 2.23. The predicted octanol–water partition coefficient (Wildman–Crippen LogP) is 1.16. The van der Waals surface area contributed by atoms with Gasteiger partial charge in [-0.05, 0) is 38.5 Å². The molecule has 2 fully saturated rings. The lowest BCUT2D eigenvalue weighted by Gasteiger charge is -2.40. The van der Waals surface area contributed by atoms with Crippen molar-refractivity contribution in [2.24, 2.45) is 11.7 Å². The van der Waals surface area contributed by atoms with Gasteiger partial charge in [-0.1, -0.05) is 6.92 Å². The summed E-state index contributed by atoms with van der Waals surface area (Å²) >= 11 is 0. The van der Waals surface area contributed by atoms with E-state index in [9.17, 15) is 4.79 Å². The first-order valence-electron chi connectivity index (χ1n) is 7.87. The summed E-state index contributed by atoms with van der Waals surface area (Å²) in [5.41, 5.74) is 5.84. The third-order valence-electron chi connectivity index (χ3n) is 4.54. The zero-order valence-electron chi connectivity index (χ0n) is 12.7. The van der Waals surface area contributed by atoms with E-state index in [-0.39, 0.29) is 18.1 Å². The highest BCUT2D eigenvalue weighted by molar-refractivity contribution is 5.81. The molecule has 0 aliphatic carbocycles. The summed E-state index contributed by atoms with van der Waals surface area (Å²) in [6.07, 6.45) is 4.09. The molecular weight excluding hydrogens is 256 g/mol.